The molecule has 0 aliphatic heterocycles. The average molecular weight is 575 g/mol. The molecule has 2 amide bonds. The standard InChI is InChI=1S/C25H33Cl2N3O6S/c1-7-21(25(32)28-16(2)3)29(14-18-19(26)9-8-10-20(18)27)24(31)15-30(37(6,33)34)22-12-11-17(35-4)13-23(22)36-5/h8-13,16,21H,7,14-15H2,1-6H3,(H,28,32)/t21-/m0/s1. The Morgan fingerprint density at radius 1 is 1.05 bits per heavy atom. The van der Waals surface area contributed by atoms with Gasteiger partial charge >= 0.3 is 0 Å². The molecule has 0 spiro atoms. The van der Waals surface area contributed by atoms with Gasteiger partial charge in [-0.3, -0.25) is 13.9 Å². The van der Waals surface area contributed by atoms with Crippen molar-refractivity contribution in [3.8, 4) is 11.5 Å². The molecule has 37 heavy (non-hydrogen) atoms. The number of methoxy groups -OCH3 is 2. The summed E-state index contributed by atoms with van der Waals surface area (Å²) in [6.45, 7) is 4.69. The molecule has 0 heterocycles. The maximum Gasteiger partial charge on any atom is 0.244 e. The Balaban J connectivity index is 2.57. The van der Waals surface area contributed by atoms with E-state index < -0.39 is 28.5 Å². The van der Waals surface area contributed by atoms with Crippen LogP contribution in [0.25, 0.3) is 0 Å². The highest BCUT2D eigenvalue weighted by Crippen LogP contribution is 2.34. The van der Waals surface area contributed by atoms with E-state index in [0.717, 1.165) is 10.6 Å². The number of amides is 2. The van der Waals surface area contributed by atoms with Gasteiger partial charge in [0.25, 0.3) is 0 Å². The zero-order valence-corrected chi connectivity index (χ0v) is 24.1. The number of hydrogen-bond donors (Lipinski definition) is 1. The van der Waals surface area contributed by atoms with Crippen molar-refractivity contribution in [2.45, 2.75) is 45.8 Å². The molecule has 0 aliphatic rings. The van der Waals surface area contributed by atoms with Crippen LogP contribution in [0, 0.1) is 0 Å². The number of carbonyl (C=O) groups is 2. The van der Waals surface area contributed by atoms with Crippen LogP contribution in [0.4, 0.5) is 5.69 Å². The van der Waals surface area contributed by atoms with Crippen LogP contribution in [0.5, 0.6) is 11.5 Å². The summed E-state index contributed by atoms with van der Waals surface area (Å²) in [4.78, 5) is 28.2. The Hall–Kier alpha value is -2.69. The molecule has 204 valence electrons. The van der Waals surface area contributed by atoms with Gasteiger partial charge in [0.2, 0.25) is 21.8 Å². The van der Waals surface area contributed by atoms with Gasteiger partial charge in [0.05, 0.1) is 26.2 Å². The first-order valence-corrected chi connectivity index (χ1v) is 14.2. The summed E-state index contributed by atoms with van der Waals surface area (Å²) in [5.74, 6) is -0.346. The van der Waals surface area contributed by atoms with Crippen molar-refractivity contribution in [1.29, 1.82) is 0 Å². The summed E-state index contributed by atoms with van der Waals surface area (Å²) in [6.07, 6.45) is 1.26. The topological polar surface area (TPSA) is 105 Å². The van der Waals surface area contributed by atoms with Crippen LogP contribution in [0.3, 0.4) is 0 Å². The molecule has 0 bridgehead atoms. The molecule has 0 saturated heterocycles. The van der Waals surface area contributed by atoms with Gasteiger partial charge in [-0.25, -0.2) is 8.42 Å². The minimum Gasteiger partial charge on any atom is -0.497 e. The first kappa shape index (κ1) is 30.5. The molecule has 9 nitrogen and oxygen atoms in total. The molecule has 0 fully saturated rings. The van der Waals surface area contributed by atoms with E-state index in [0.29, 0.717) is 21.4 Å². The lowest BCUT2D eigenvalue weighted by Crippen LogP contribution is -2.53. The summed E-state index contributed by atoms with van der Waals surface area (Å²) in [7, 11) is -1.09. The summed E-state index contributed by atoms with van der Waals surface area (Å²) in [5.41, 5.74) is 0.595. The maximum atomic E-state index is 13.8. The largest absolute Gasteiger partial charge is 0.497 e. The minimum absolute atomic E-state index is 0.0985. The minimum atomic E-state index is -3.95. The van der Waals surface area contributed by atoms with Crippen molar-refractivity contribution in [3.05, 3.63) is 52.0 Å². The first-order valence-electron chi connectivity index (χ1n) is 11.6. The fourth-order valence-corrected chi connectivity index (χ4v) is 5.11. The van der Waals surface area contributed by atoms with E-state index in [1.807, 2.05) is 13.8 Å². The van der Waals surface area contributed by atoms with Gasteiger partial charge in [-0.15, -0.1) is 0 Å². The number of hydrogen-bond acceptors (Lipinski definition) is 6. The second-order valence-electron chi connectivity index (χ2n) is 8.62. The van der Waals surface area contributed by atoms with E-state index in [1.54, 1.807) is 31.2 Å². The van der Waals surface area contributed by atoms with Gasteiger partial charge in [-0.05, 0) is 44.5 Å². The van der Waals surface area contributed by atoms with Crippen molar-refractivity contribution < 1.29 is 27.5 Å². The lowest BCUT2D eigenvalue weighted by molar-refractivity contribution is -0.140. The summed E-state index contributed by atoms with van der Waals surface area (Å²) >= 11 is 12.7. The van der Waals surface area contributed by atoms with E-state index in [-0.39, 0.29) is 36.4 Å². The molecule has 1 N–H and O–H groups in total. The molecule has 1 atom stereocenters. The molecule has 0 radical (unpaired) electrons. The van der Waals surface area contributed by atoms with E-state index in [2.05, 4.69) is 5.32 Å². The molecular weight excluding hydrogens is 541 g/mol. The number of benzene rings is 2. The van der Waals surface area contributed by atoms with E-state index in [1.165, 1.54) is 31.3 Å². The first-order chi connectivity index (χ1) is 17.3. The van der Waals surface area contributed by atoms with Crippen molar-refractivity contribution in [1.82, 2.24) is 10.2 Å². The zero-order chi connectivity index (χ0) is 27.9. The Labute approximate surface area is 228 Å². The van der Waals surface area contributed by atoms with Gasteiger partial charge in [0, 0.05) is 34.3 Å². The summed E-state index contributed by atoms with van der Waals surface area (Å²) in [6, 6.07) is 8.43. The van der Waals surface area contributed by atoms with Crippen LogP contribution in [0.1, 0.15) is 32.8 Å². The number of carbonyl (C=O) groups excluding carboxylic acids is 2. The maximum absolute atomic E-state index is 13.8. The van der Waals surface area contributed by atoms with Crippen molar-refractivity contribution >= 4 is 50.7 Å². The van der Waals surface area contributed by atoms with Crippen molar-refractivity contribution in [2.24, 2.45) is 0 Å². The van der Waals surface area contributed by atoms with E-state index in [9.17, 15) is 18.0 Å². The fraction of sp³-hybridized carbons (Fsp3) is 0.440. The van der Waals surface area contributed by atoms with Gasteiger partial charge in [-0.1, -0.05) is 36.2 Å². The van der Waals surface area contributed by atoms with Crippen molar-refractivity contribution in [3.63, 3.8) is 0 Å². The normalized spacial score (nSPS) is 12.1. The molecule has 2 rings (SSSR count). The Bertz CT molecular complexity index is 1200. The Morgan fingerprint density at radius 2 is 1.68 bits per heavy atom. The number of sulfonamides is 1. The van der Waals surface area contributed by atoms with Crippen LogP contribution in [0.2, 0.25) is 10.0 Å². The van der Waals surface area contributed by atoms with Gasteiger partial charge in [0.1, 0.15) is 24.1 Å². The van der Waals surface area contributed by atoms with Crippen LogP contribution in [-0.4, -0.2) is 64.2 Å². The Kier molecular flexibility index (Phi) is 10.9. The molecule has 0 saturated carbocycles. The molecule has 0 unspecified atom stereocenters. The smallest absolute Gasteiger partial charge is 0.244 e. The van der Waals surface area contributed by atoms with Crippen LogP contribution in [0.15, 0.2) is 36.4 Å². The number of nitrogens with zero attached hydrogens (tertiary/aromatic N) is 2. The third kappa shape index (κ3) is 7.90. The summed E-state index contributed by atoms with van der Waals surface area (Å²) in [5, 5.41) is 3.47. The predicted octanol–water partition coefficient (Wildman–Crippen LogP) is 4.11. The second kappa shape index (κ2) is 13.2. The SMILES string of the molecule is CC[C@@H](C(=O)NC(C)C)N(Cc1c(Cl)cccc1Cl)C(=O)CN(c1ccc(OC)cc1OC)S(C)(=O)=O. The number of ether oxygens (including phenoxy) is 2. The second-order valence-corrected chi connectivity index (χ2v) is 11.3. The average Bonchev–Trinajstić information content (AvgIpc) is 2.82. The molecule has 0 aliphatic carbocycles. The number of anilines is 1. The number of nitrogens with one attached hydrogen (secondary N) is 1. The fourth-order valence-electron chi connectivity index (χ4n) is 3.74. The van der Waals surface area contributed by atoms with Crippen LogP contribution in [-0.2, 0) is 26.2 Å². The summed E-state index contributed by atoms with van der Waals surface area (Å²) < 4.78 is 37.2. The van der Waals surface area contributed by atoms with Gasteiger partial charge < -0.3 is 19.7 Å². The molecule has 2 aromatic rings. The van der Waals surface area contributed by atoms with Gasteiger partial charge in [-0.2, -0.15) is 0 Å². The monoisotopic (exact) mass is 573 g/mol. The third-order valence-corrected chi connectivity index (χ3v) is 7.38. The highest BCUT2D eigenvalue weighted by Gasteiger charge is 2.33. The number of rotatable bonds is 12. The third-order valence-electron chi connectivity index (χ3n) is 5.54. The molecule has 0 aromatic heterocycles. The highest BCUT2D eigenvalue weighted by atomic mass is 35.5. The van der Waals surface area contributed by atoms with Gasteiger partial charge in [0.15, 0.2) is 0 Å². The van der Waals surface area contributed by atoms with E-state index in [4.69, 9.17) is 32.7 Å². The molecule has 2 aromatic carbocycles. The van der Waals surface area contributed by atoms with E-state index >= 15 is 0 Å². The Morgan fingerprint density at radius 3 is 2.16 bits per heavy atom. The van der Waals surface area contributed by atoms with Crippen LogP contribution < -0.4 is 19.1 Å². The zero-order valence-electron chi connectivity index (χ0n) is 21.7. The number of halogens is 2. The highest BCUT2D eigenvalue weighted by molar-refractivity contribution is 7.92. The lowest BCUT2D eigenvalue weighted by atomic mass is 10.1. The molecule has 12 heteroatoms. The quantitative estimate of drug-likeness (QED) is 0.409. The van der Waals surface area contributed by atoms with Crippen LogP contribution >= 0.6 is 23.2 Å². The molecular formula is C25H33Cl2N3O6S. The van der Waals surface area contributed by atoms with Crippen molar-refractivity contribution in [2.75, 3.05) is 31.3 Å². The predicted molar refractivity (Wildman–Crippen MR) is 146 cm³/mol. The lowest BCUT2D eigenvalue weighted by Gasteiger charge is -2.33.